The van der Waals surface area contributed by atoms with Gasteiger partial charge in [-0.2, -0.15) is 0 Å². The summed E-state index contributed by atoms with van der Waals surface area (Å²) in [6, 6.07) is 9.17. The van der Waals surface area contributed by atoms with Crippen LogP contribution in [0, 0.1) is 5.92 Å². The van der Waals surface area contributed by atoms with Crippen molar-refractivity contribution in [2.24, 2.45) is 5.92 Å². The van der Waals surface area contributed by atoms with E-state index in [1.54, 1.807) is 0 Å². The second kappa shape index (κ2) is 17.3. The van der Waals surface area contributed by atoms with Gasteiger partial charge in [-0.15, -0.1) is 0 Å². The Labute approximate surface area is 206 Å². The van der Waals surface area contributed by atoms with Crippen LogP contribution >= 0.6 is 22.6 Å². The van der Waals surface area contributed by atoms with Crippen LogP contribution < -0.4 is 0 Å². The number of benzene rings is 1. The second-order valence-corrected chi connectivity index (χ2v) is 9.82. The van der Waals surface area contributed by atoms with Gasteiger partial charge >= 0.3 is 0 Å². The lowest BCUT2D eigenvalue weighted by molar-refractivity contribution is -0.403. The van der Waals surface area contributed by atoms with Crippen LogP contribution in [0.3, 0.4) is 0 Å². The SMILES string of the molecule is CCCCCCCCC(CCc1ccc(C(I)CC)cc1)C(OCC)(OCC)OCC. The third kappa shape index (κ3) is 10.5. The van der Waals surface area contributed by atoms with Crippen molar-refractivity contribution in [3.63, 3.8) is 0 Å². The van der Waals surface area contributed by atoms with Crippen LogP contribution in [0.25, 0.3) is 0 Å². The van der Waals surface area contributed by atoms with Crippen LogP contribution in [0.15, 0.2) is 24.3 Å². The second-order valence-electron chi connectivity index (χ2n) is 8.31. The highest BCUT2D eigenvalue weighted by Crippen LogP contribution is 2.34. The summed E-state index contributed by atoms with van der Waals surface area (Å²) in [4.78, 5) is 0. The minimum atomic E-state index is -0.920. The van der Waals surface area contributed by atoms with Gasteiger partial charge in [0.2, 0.25) is 0 Å². The van der Waals surface area contributed by atoms with Gasteiger partial charge in [0, 0.05) is 29.7 Å². The summed E-state index contributed by atoms with van der Waals surface area (Å²) in [5.41, 5.74) is 2.80. The molecule has 0 aliphatic carbocycles. The van der Waals surface area contributed by atoms with Crippen LogP contribution in [0.2, 0.25) is 0 Å². The predicted octanol–water partition coefficient (Wildman–Crippen LogP) is 8.64. The Kier molecular flexibility index (Phi) is 16.1. The molecule has 0 saturated carbocycles. The van der Waals surface area contributed by atoms with Crippen molar-refractivity contribution >= 4 is 22.6 Å². The summed E-state index contributed by atoms with van der Waals surface area (Å²) in [6.07, 6.45) is 12.1. The number of ether oxygens (including phenoxy) is 3. The molecule has 0 amide bonds. The summed E-state index contributed by atoms with van der Waals surface area (Å²) in [5.74, 6) is -0.692. The summed E-state index contributed by atoms with van der Waals surface area (Å²) in [6.45, 7) is 12.4. The normalized spacial score (nSPS) is 14.0. The Morgan fingerprint density at radius 3 is 1.81 bits per heavy atom. The minimum Gasteiger partial charge on any atom is -0.328 e. The lowest BCUT2D eigenvalue weighted by atomic mass is 9.90. The van der Waals surface area contributed by atoms with Gasteiger partial charge in [-0.25, -0.2) is 0 Å². The van der Waals surface area contributed by atoms with Gasteiger partial charge in [0.25, 0.3) is 5.97 Å². The van der Waals surface area contributed by atoms with Gasteiger partial charge in [-0.3, -0.25) is 0 Å². The molecule has 0 heterocycles. The highest BCUT2D eigenvalue weighted by atomic mass is 127. The Morgan fingerprint density at radius 2 is 1.29 bits per heavy atom. The van der Waals surface area contributed by atoms with Gasteiger partial charge in [0.05, 0.1) is 0 Å². The van der Waals surface area contributed by atoms with E-state index in [2.05, 4.69) is 60.7 Å². The molecule has 180 valence electrons. The predicted molar refractivity (Wildman–Crippen MR) is 141 cm³/mol. The molecule has 2 unspecified atom stereocenters. The highest BCUT2D eigenvalue weighted by Gasteiger charge is 2.41. The first-order valence-electron chi connectivity index (χ1n) is 12.7. The number of unbranched alkanes of at least 4 members (excludes halogenated alkanes) is 5. The van der Waals surface area contributed by atoms with Crippen molar-refractivity contribution in [2.45, 2.75) is 109 Å². The van der Waals surface area contributed by atoms with E-state index in [9.17, 15) is 0 Å². The molecular formula is C27H47IO3. The van der Waals surface area contributed by atoms with Crippen LogP contribution in [-0.4, -0.2) is 25.8 Å². The van der Waals surface area contributed by atoms with E-state index in [0.717, 1.165) is 19.3 Å². The molecule has 0 aromatic heterocycles. The van der Waals surface area contributed by atoms with Crippen LogP contribution in [0.4, 0.5) is 0 Å². The van der Waals surface area contributed by atoms with Crippen molar-refractivity contribution in [3.05, 3.63) is 35.4 Å². The maximum Gasteiger partial charge on any atom is 0.285 e. The van der Waals surface area contributed by atoms with Crippen molar-refractivity contribution < 1.29 is 14.2 Å². The Bertz CT molecular complexity index is 529. The first-order chi connectivity index (χ1) is 15.1. The fourth-order valence-electron chi connectivity index (χ4n) is 4.22. The Balaban J connectivity index is 2.86. The van der Waals surface area contributed by atoms with Crippen molar-refractivity contribution in [1.29, 1.82) is 0 Å². The first-order valence-corrected chi connectivity index (χ1v) is 14.0. The van der Waals surface area contributed by atoms with Gasteiger partial charge < -0.3 is 14.2 Å². The molecule has 0 N–H and O–H groups in total. The molecule has 1 aromatic carbocycles. The van der Waals surface area contributed by atoms with Crippen LogP contribution in [0.5, 0.6) is 0 Å². The zero-order valence-corrected chi connectivity index (χ0v) is 22.9. The zero-order valence-electron chi connectivity index (χ0n) is 20.8. The summed E-state index contributed by atoms with van der Waals surface area (Å²) < 4.78 is 19.1. The molecular weight excluding hydrogens is 499 g/mol. The average molecular weight is 547 g/mol. The van der Waals surface area contributed by atoms with E-state index in [4.69, 9.17) is 14.2 Å². The Morgan fingerprint density at radius 1 is 0.742 bits per heavy atom. The number of rotatable bonds is 19. The first kappa shape index (κ1) is 28.9. The number of aryl methyl sites for hydroxylation is 1. The van der Waals surface area contributed by atoms with Crippen molar-refractivity contribution in [2.75, 3.05) is 19.8 Å². The number of halogens is 1. The van der Waals surface area contributed by atoms with Crippen molar-refractivity contribution in [3.8, 4) is 0 Å². The molecule has 0 aliphatic heterocycles. The number of alkyl halides is 1. The summed E-state index contributed by atoms with van der Waals surface area (Å²) in [7, 11) is 0. The van der Waals surface area contributed by atoms with E-state index in [0.29, 0.717) is 23.7 Å². The zero-order chi connectivity index (χ0) is 23.0. The summed E-state index contributed by atoms with van der Waals surface area (Å²) >= 11 is 2.53. The van der Waals surface area contributed by atoms with E-state index >= 15 is 0 Å². The van der Waals surface area contributed by atoms with E-state index < -0.39 is 5.97 Å². The molecule has 1 aromatic rings. The highest BCUT2D eigenvalue weighted by molar-refractivity contribution is 14.1. The molecule has 0 bridgehead atoms. The third-order valence-corrected chi connectivity index (χ3v) is 7.52. The molecule has 31 heavy (non-hydrogen) atoms. The molecule has 1 rings (SSSR count). The lowest BCUT2D eigenvalue weighted by Gasteiger charge is -2.39. The van der Waals surface area contributed by atoms with Gasteiger partial charge in [0.15, 0.2) is 0 Å². The smallest absolute Gasteiger partial charge is 0.285 e. The standard InChI is InChI=1S/C27H47IO3/c1-6-11-12-13-14-15-16-25(27(29-8-3,30-9-4)31-10-5)22-19-23-17-20-24(21-18-23)26(28)7-2/h17-18,20-21,25-26H,6-16,19,22H2,1-5H3. The molecule has 0 radical (unpaired) electrons. The van der Waals surface area contributed by atoms with E-state index in [-0.39, 0.29) is 5.92 Å². The maximum absolute atomic E-state index is 6.18. The minimum absolute atomic E-state index is 0.228. The van der Waals surface area contributed by atoms with Gasteiger partial charge in [0.1, 0.15) is 0 Å². The van der Waals surface area contributed by atoms with Crippen LogP contribution in [0.1, 0.15) is 107 Å². The van der Waals surface area contributed by atoms with Gasteiger partial charge in [-0.1, -0.05) is 99.2 Å². The largest absolute Gasteiger partial charge is 0.328 e. The fourth-order valence-corrected chi connectivity index (χ4v) is 4.64. The maximum atomic E-state index is 6.18. The van der Waals surface area contributed by atoms with Crippen molar-refractivity contribution in [1.82, 2.24) is 0 Å². The molecule has 4 heteroatoms. The average Bonchev–Trinajstić information content (AvgIpc) is 2.78. The molecule has 2 atom stereocenters. The van der Waals surface area contributed by atoms with E-state index in [1.165, 1.54) is 56.1 Å². The monoisotopic (exact) mass is 546 g/mol. The Hall–Kier alpha value is -0.170. The molecule has 3 nitrogen and oxygen atoms in total. The molecule has 0 fully saturated rings. The lowest BCUT2D eigenvalue weighted by Crippen LogP contribution is -2.47. The molecule has 0 saturated heterocycles. The summed E-state index contributed by atoms with van der Waals surface area (Å²) in [5, 5.41) is 0. The van der Waals surface area contributed by atoms with Crippen LogP contribution in [-0.2, 0) is 20.6 Å². The van der Waals surface area contributed by atoms with Gasteiger partial charge in [-0.05, 0) is 57.6 Å². The van der Waals surface area contributed by atoms with E-state index in [1.807, 2.05) is 20.8 Å². The topological polar surface area (TPSA) is 27.7 Å². The quantitative estimate of drug-likeness (QED) is 0.0752. The number of hydrogen-bond donors (Lipinski definition) is 0. The third-order valence-electron chi connectivity index (χ3n) is 5.92. The number of hydrogen-bond acceptors (Lipinski definition) is 3. The molecule has 0 aliphatic rings. The molecule has 0 spiro atoms. The fraction of sp³-hybridized carbons (Fsp3) is 0.778.